The van der Waals surface area contributed by atoms with Gasteiger partial charge in [-0.3, -0.25) is 0 Å². The molecule has 0 aliphatic rings. The molecule has 2 heteroatoms. The molecule has 1 atom stereocenters. The molecule has 0 radical (unpaired) electrons. The van der Waals surface area contributed by atoms with E-state index in [0.29, 0.717) is 5.75 Å². The SMILES string of the molecule is CCCC(Oc1cccc(F)c1)c1cccc(C)c1. The number of halogens is 1. The van der Waals surface area contributed by atoms with Gasteiger partial charge in [0, 0.05) is 6.07 Å². The maximum Gasteiger partial charge on any atom is 0.126 e. The van der Waals surface area contributed by atoms with E-state index in [4.69, 9.17) is 4.74 Å². The maximum absolute atomic E-state index is 13.2. The van der Waals surface area contributed by atoms with Gasteiger partial charge in [-0.1, -0.05) is 49.2 Å². The number of hydrogen-bond donors (Lipinski definition) is 0. The van der Waals surface area contributed by atoms with E-state index in [1.807, 2.05) is 6.07 Å². The van der Waals surface area contributed by atoms with E-state index in [0.717, 1.165) is 18.4 Å². The molecule has 0 aliphatic heterocycles. The van der Waals surface area contributed by atoms with E-state index < -0.39 is 0 Å². The van der Waals surface area contributed by atoms with Crippen molar-refractivity contribution in [1.82, 2.24) is 0 Å². The van der Waals surface area contributed by atoms with Crippen LogP contribution in [0.3, 0.4) is 0 Å². The molecule has 0 amide bonds. The first-order valence-electron chi connectivity index (χ1n) is 6.68. The van der Waals surface area contributed by atoms with Crippen molar-refractivity contribution in [3.05, 3.63) is 65.5 Å². The van der Waals surface area contributed by atoms with Crippen LogP contribution >= 0.6 is 0 Å². The molecule has 0 saturated heterocycles. The van der Waals surface area contributed by atoms with Crippen LogP contribution in [-0.2, 0) is 0 Å². The highest BCUT2D eigenvalue weighted by molar-refractivity contribution is 5.27. The van der Waals surface area contributed by atoms with Crippen LogP contribution in [0, 0.1) is 12.7 Å². The molecule has 0 saturated carbocycles. The summed E-state index contributed by atoms with van der Waals surface area (Å²) in [5, 5.41) is 0. The van der Waals surface area contributed by atoms with Gasteiger partial charge >= 0.3 is 0 Å². The molecule has 0 bridgehead atoms. The van der Waals surface area contributed by atoms with E-state index >= 15 is 0 Å². The molecule has 0 spiro atoms. The van der Waals surface area contributed by atoms with Gasteiger partial charge in [0.15, 0.2) is 0 Å². The number of ether oxygens (including phenoxy) is 1. The summed E-state index contributed by atoms with van der Waals surface area (Å²) in [5.74, 6) is 0.317. The van der Waals surface area contributed by atoms with Gasteiger partial charge in [-0.2, -0.15) is 0 Å². The summed E-state index contributed by atoms with van der Waals surface area (Å²) in [6.07, 6.45) is 1.92. The van der Waals surface area contributed by atoms with E-state index in [-0.39, 0.29) is 11.9 Å². The first-order chi connectivity index (χ1) is 9.19. The minimum absolute atomic E-state index is 0.0216. The Hall–Kier alpha value is -1.83. The quantitative estimate of drug-likeness (QED) is 0.728. The van der Waals surface area contributed by atoms with E-state index in [9.17, 15) is 4.39 Å². The van der Waals surface area contributed by atoms with Crippen LogP contribution in [0.2, 0.25) is 0 Å². The maximum atomic E-state index is 13.2. The zero-order valence-electron chi connectivity index (χ0n) is 11.4. The molecule has 0 N–H and O–H groups in total. The second kappa shape index (κ2) is 6.37. The van der Waals surface area contributed by atoms with Gasteiger partial charge in [0.1, 0.15) is 17.7 Å². The smallest absolute Gasteiger partial charge is 0.126 e. The van der Waals surface area contributed by atoms with Gasteiger partial charge in [-0.05, 0) is 31.0 Å². The summed E-state index contributed by atoms with van der Waals surface area (Å²) in [5.41, 5.74) is 2.35. The van der Waals surface area contributed by atoms with Crippen molar-refractivity contribution in [2.24, 2.45) is 0 Å². The molecule has 2 aromatic rings. The van der Waals surface area contributed by atoms with Crippen LogP contribution in [0.5, 0.6) is 5.75 Å². The number of aryl methyl sites for hydroxylation is 1. The highest BCUT2D eigenvalue weighted by Crippen LogP contribution is 2.26. The van der Waals surface area contributed by atoms with Gasteiger partial charge in [0.05, 0.1) is 0 Å². The Morgan fingerprint density at radius 3 is 2.58 bits per heavy atom. The van der Waals surface area contributed by atoms with Crippen molar-refractivity contribution in [3.8, 4) is 5.75 Å². The normalized spacial score (nSPS) is 12.2. The van der Waals surface area contributed by atoms with Crippen LogP contribution in [0.1, 0.15) is 37.0 Å². The van der Waals surface area contributed by atoms with Crippen molar-refractivity contribution >= 4 is 0 Å². The summed E-state index contributed by atoms with van der Waals surface area (Å²) in [6.45, 7) is 4.19. The van der Waals surface area contributed by atoms with Crippen molar-refractivity contribution in [2.75, 3.05) is 0 Å². The lowest BCUT2D eigenvalue weighted by Gasteiger charge is -2.19. The molecular weight excluding hydrogens is 239 g/mol. The molecule has 0 aromatic heterocycles. The first-order valence-corrected chi connectivity index (χ1v) is 6.68. The van der Waals surface area contributed by atoms with Gasteiger partial charge in [0.25, 0.3) is 0 Å². The Balaban J connectivity index is 2.21. The van der Waals surface area contributed by atoms with Gasteiger partial charge < -0.3 is 4.74 Å². The summed E-state index contributed by atoms with van der Waals surface area (Å²) in [4.78, 5) is 0. The zero-order valence-corrected chi connectivity index (χ0v) is 11.4. The van der Waals surface area contributed by atoms with Crippen LogP contribution in [0.4, 0.5) is 4.39 Å². The van der Waals surface area contributed by atoms with Crippen molar-refractivity contribution in [1.29, 1.82) is 0 Å². The Morgan fingerprint density at radius 2 is 1.89 bits per heavy atom. The summed E-state index contributed by atoms with van der Waals surface area (Å²) >= 11 is 0. The third-order valence-corrected chi connectivity index (χ3v) is 3.04. The molecule has 2 aromatic carbocycles. The fourth-order valence-electron chi connectivity index (χ4n) is 2.13. The zero-order chi connectivity index (χ0) is 13.7. The molecular formula is C17H19FO. The van der Waals surface area contributed by atoms with Gasteiger partial charge in [-0.25, -0.2) is 4.39 Å². The lowest BCUT2D eigenvalue weighted by molar-refractivity contribution is 0.193. The lowest BCUT2D eigenvalue weighted by atomic mass is 10.0. The molecule has 0 heterocycles. The monoisotopic (exact) mass is 258 g/mol. The lowest BCUT2D eigenvalue weighted by Crippen LogP contribution is -2.07. The second-order valence-corrected chi connectivity index (χ2v) is 4.77. The van der Waals surface area contributed by atoms with E-state index in [1.165, 1.54) is 17.7 Å². The molecule has 1 unspecified atom stereocenters. The molecule has 1 nitrogen and oxygen atoms in total. The largest absolute Gasteiger partial charge is 0.486 e. The van der Waals surface area contributed by atoms with Crippen molar-refractivity contribution < 1.29 is 9.13 Å². The molecule has 0 aliphatic carbocycles. The van der Waals surface area contributed by atoms with Crippen molar-refractivity contribution in [2.45, 2.75) is 32.8 Å². The minimum Gasteiger partial charge on any atom is -0.486 e. The topological polar surface area (TPSA) is 9.23 Å². The van der Waals surface area contributed by atoms with Crippen LogP contribution < -0.4 is 4.74 Å². The highest BCUT2D eigenvalue weighted by Gasteiger charge is 2.12. The number of hydrogen-bond acceptors (Lipinski definition) is 1. The van der Waals surface area contributed by atoms with Gasteiger partial charge in [0.2, 0.25) is 0 Å². The predicted molar refractivity (Wildman–Crippen MR) is 75.9 cm³/mol. The third-order valence-electron chi connectivity index (χ3n) is 3.04. The first kappa shape index (κ1) is 13.6. The molecule has 19 heavy (non-hydrogen) atoms. The van der Waals surface area contributed by atoms with Crippen LogP contribution in [-0.4, -0.2) is 0 Å². The standard InChI is InChI=1S/C17H19FO/c1-3-6-17(14-8-4-7-13(2)11-14)19-16-10-5-9-15(18)12-16/h4-5,7-12,17H,3,6H2,1-2H3. The summed E-state index contributed by atoms with van der Waals surface area (Å²) in [7, 11) is 0. The Kier molecular flexibility index (Phi) is 4.56. The Morgan fingerprint density at radius 1 is 1.11 bits per heavy atom. The fourth-order valence-corrected chi connectivity index (χ4v) is 2.13. The van der Waals surface area contributed by atoms with Crippen molar-refractivity contribution in [3.63, 3.8) is 0 Å². The number of rotatable bonds is 5. The van der Waals surface area contributed by atoms with Gasteiger partial charge in [-0.15, -0.1) is 0 Å². The number of benzene rings is 2. The molecule has 0 fully saturated rings. The average Bonchev–Trinajstić information content (AvgIpc) is 2.38. The second-order valence-electron chi connectivity index (χ2n) is 4.77. The minimum atomic E-state index is -0.267. The fraction of sp³-hybridized carbons (Fsp3) is 0.294. The Labute approximate surface area is 114 Å². The van der Waals surface area contributed by atoms with E-state index in [1.54, 1.807) is 12.1 Å². The summed E-state index contributed by atoms with van der Waals surface area (Å²) in [6, 6.07) is 14.6. The molecule has 100 valence electrons. The third kappa shape index (κ3) is 3.82. The van der Waals surface area contributed by atoms with Crippen LogP contribution in [0.15, 0.2) is 48.5 Å². The average molecular weight is 258 g/mol. The highest BCUT2D eigenvalue weighted by atomic mass is 19.1. The van der Waals surface area contributed by atoms with Crippen LogP contribution in [0.25, 0.3) is 0 Å². The van der Waals surface area contributed by atoms with E-state index in [2.05, 4.69) is 32.0 Å². The Bertz CT molecular complexity index is 536. The predicted octanol–water partition coefficient (Wildman–Crippen LogP) is 5.05. The molecule has 2 rings (SSSR count). The summed E-state index contributed by atoms with van der Waals surface area (Å²) < 4.78 is 19.1.